The standard InChI is InChI=1S/C17H19N3O4/c21-15(22)10-12-2-1-8-20(9-7-12)17(23)14-5-3-13(4-6-14)16-18-11-24-19-16/h3-6,11-12H,1-2,7-10H2,(H,21,22). The van der Waals surface area contributed by atoms with Crippen LogP contribution in [0.3, 0.4) is 0 Å². The summed E-state index contributed by atoms with van der Waals surface area (Å²) in [5.41, 5.74) is 1.40. The molecular formula is C17H19N3O4. The zero-order valence-corrected chi connectivity index (χ0v) is 13.2. The van der Waals surface area contributed by atoms with E-state index in [-0.39, 0.29) is 18.2 Å². The predicted octanol–water partition coefficient (Wildman–Crippen LogP) is 2.45. The number of carbonyl (C=O) groups excluding carboxylic acids is 1. The number of hydrogen-bond acceptors (Lipinski definition) is 5. The first-order chi connectivity index (χ1) is 11.6. The Bertz CT molecular complexity index is 697. The number of benzene rings is 1. The van der Waals surface area contributed by atoms with Crippen molar-refractivity contribution in [3.05, 3.63) is 36.2 Å². The third-order valence-electron chi connectivity index (χ3n) is 4.35. The molecule has 1 aromatic heterocycles. The Morgan fingerprint density at radius 2 is 2.00 bits per heavy atom. The van der Waals surface area contributed by atoms with Gasteiger partial charge in [-0.15, -0.1) is 0 Å². The van der Waals surface area contributed by atoms with Gasteiger partial charge in [0.15, 0.2) is 0 Å². The molecule has 1 atom stereocenters. The number of amides is 1. The van der Waals surface area contributed by atoms with Gasteiger partial charge in [-0.25, -0.2) is 0 Å². The summed E-state index contributed by atoms with van der Waals surface area (Å²) in [6.45, 7) is 1.27. The first-order valence-corrected chi connectivity index (χ1v) is 8.01. The first-order valence-electron chi connectivity index (χ1n) is 8.01. The van der Waals surface area contributed by atoms with Crippen molar-refractivity contribution in [3.63, 3.8) is 0 Å². The number of rotatable bonds is 4. The second-order valence-corrected chi connectivity index (χ2v) is 6.02. The van der Waals surface area contributed by atoms with Crippen LogP contribution < -0.4 is 0 Å². The quantitative estimate of drug-likeness (QED) is 0.925. The SMILES string of the molecule is O=C(O)CC1CCCN(C(=O)c2ccc(-c3ncon3)cc2)CC1. The Morgan fingerprint density at radius 3 is 2.67 bits per heavy atom. The third-order valence-corrected chi connectivity index (χ3v) is 4.35. The summed E-state index contributed by atoms with van der Waals surface area (Å²) in [5.74, 6) is -0.149. The fourth-order valence-corrected chi connectivity index (χ4v) is 3.06. The molecule has 1 N–H and O–H groups in total. The van der Waals surface area contributed by atoms with E-state index in [0.717, 1.165) is 24.8 Å². The smallest absolute Gasteiger partial charge is 0.303 e. The summed E-state index contributed by atoms with van der Waals surface area (Å²) in [7, 11) is 0. The molecule has 1 aromatic carbocycles. The maximum Gasteiger partial charge on any atom is 0.303 e. The molecule has 0 saturated carbocycles. The van der Waals surface area contributed by atoms with Crippen LogP contribution in [0.25, 0.3) is 11.4 Å². The predicted molar refractivity (Wildman–Crippen MR) is 85.2 cm³/mol. The summed E-state index contributed by atoms with van der Waals surface area (Å²) in [4.78, 5) is 29.3. The molecule has 1 amide bonds. The number of carboxylic acid groups (broad SMARTS) is 1. The number of aromatic nitrogens is 2. The number of likely N-dealkylation sites (tertiary alicyclic amines) is 1. The van der Waals surface area contributed by atoms with Crippen LogP contribution >= 0.6 is 0 Å². The van der Waals surface area contributed by atoms with Crippen LogP contribution in [0.1, 0.15) is 36.0 Å². The van der Waals surface area contributed by atoms with E-state index in [1.54, 1.807) is 24.3 Å². The minimum Gasteiger partial charge on any atom is -0.481 e. The molecule has 126 valence electrons. The van der Waals surface area contributed by atoms with Crippen LogP contribution in [0, 0.1) is 5.92 Å². The van der Waals surface area contributed by atoms with Crippen molar-refractivity contribution in [2.24, 2.45) is 5.92 Å². The van der Waals surface area contributed by atoms with Gasteiger partial charge in [0.2, 0.25) is 12.2 Å². The lowest BCUT2D eigenvalue weighted by molar-refractivity contribution is -0.138. The zero-order valence-electron chi connectivity index (χ0n) is 13.2. The highest BCUT2D eigenvalue weighted by molar-refractivity contribution is 5.94. The minimum atomic E-state index is -0.767. The van der Waals surface area contributed by atoms with Gasteiger partial charge in [0, 0.05) is 30.6 Å². The Labute approximate surface area is 139 Å². The van der Waals surface area contributed by atoms with E-state index in [4.69, 9.17) is 9.63 Å². The zero-order chi connectivity index (χ0) is 16.9. The Hall–Kier alpha value is -2.70. The third kappa shape index (κ3) is 3.79. The minimum absolute atomic E-state index is 0.0226. The lowest BCUT2D eigenvalue weighted by atomic mass is 9.97. The molecule has 0 radical (unpaired) electrons. The van der Waals surface area contributed by atoms with E-state index in [2.05, 4.69) is 10.1 Å². The Balaban J connectivity index is 1.64. The Kier molecular flexibility index (Phi) is 4.88. The van der Waals surface area contributed by atoms with Gasteiger partial charge < -0.3 is 14.5 Å². The number of aliphatic carboxylic acids is 1. The maximum absolute atomic E-state index is 12.6. The van der Waals surface area contributed by atoms with Crippen molar-refractivity contribution >= 4 is 11.9 Å². The van der Waals surface area contributed by atoms with E-state index in [0.29, 0.717) is 24.5 Å². The topological polar surface area (TPSA) is 96.5 Å². The molecule has 7 heteroatoms. The van der Waals surface area contributed by atoms with Gasteiger partial charge in [0.05, 0.1) is 0 Å². The van der Waals surface area contributed by atoms with E-state index in [1.165, 1.54) is 6.39 Å². The highest BCUT2D eigenvalue weighted by Gasteiger charge is 2.23. The van der Waals surface area contributed by atoms with Crippen LogP contribution in [0.5, 0.6) is 0 Å². The van der Waals surface area contributed by atoms with E-state index in [1.807, 2.05) is 4.90 Å². The molecule has 0 aliphatic carbocycles. The van der Waals surface area contributed by atoms with Gasteiger partial charge >= 0.3 is 5.97 Å². The molecule has 1 aliphatic heterocycles. The van der Waals surface area contributed by atoms with Crippen LogP contribution in [0.15, 0.2) is 35.2 Å². The highest BCUT2D eigenvalue weighted by Crippen LogP contribution is 2.22. The molecule has 0 spiro atoms. The normalized spacial score (nSPS) is 18.2. The highest BCUT2D eigenvalue weighted by atomic mass is 16.5. The molecule has 7 nitrogen and oxygen atoms in total. The summed E-state index contributed by atoms with van der Waals surface area (Å²) >= 11 is 0. The van der Waals surface area contributed by atoms with Gasteiger partial charge in [-0.05, 0) is 37.3 Å². The molecule has 2 heterocycles. The van der Waals surface area contributed by atoms with Crippen molar-refractivity contribution in [1.29, 1.82) is 0 Å². The molecule has 0 bridgehead atoms. The van der Waals surface area contributed by atoms with E-state index < -0.39 is 5.97 Å². The van der Waals surface area contributed by atoms with Crippen molar-refractivity contribution in [2.45, 2.75) is 25.7 Å². The van der Waals surface area contributed by atoms with Gasteiger partial charge in [-0.2, -0.15) is 4.98 Å². The molecule has 24 heavy (non-hydrogen) atoms. The van der Waals surface area contributed by atoms with Crippen molar-refractivity contribution in [3.8, 4) is 11.4 Å². The number of carbonyl (C=O) groups is 2. The molecule has 3 rings (SSSR count). The van der Waals surface area contributed by atoms with Crippen LogP contribution in [0.4, 0.5) is 0 Å². The molecule has 1 saturated heterocycles. The van der Waals surface area contributed by atoms with Crippen LogP contribution in [-0.4, -0.2) is 45.1 Å². The molecule has 1 unspecified atom stereocenters. The second-order valence-electron chi connectivity index (χ2n) is 6.02. The summed E-state index contributed by atoms with van der Waals surface area (Å²) in [6.07, 6.45) is 3.87. The van der Waals surface area contributed by atoms with Crippen LogP contribution in [-0.2, 0) is 4.79 Å². The summed E-state index contributed by atoms with van der Waals surface area (Å²) < 4.78 is 4.72. The van der Waals surface area contributed by atoms with Gasteiger partial charge in [0.1, 0.15) is 0 Å². The molecule has 1 fully saturated rings. The fourth-order valence-electron chi connectivity index (χ4n) is 3.06. The average molecular weight is 329 g/mol. The summed E-state index contributed by atoms with van der Waals surface area (Å²) in [6, 6.07) is 7.10. The first kappa shape index (κ1) is 16.2. The molecule has 1 aliphatic rings. The largest absolute Gasteiger partial charge is 0.481 e. The lowest BCUT2D eigenvalue weighted by Crippen LogP contribution is -2.32. The second kappa shape index (κ2) is 7.25. The maximum atomic E-state index is 12.6. The van der Waals surface area contributed by atoms with Crippen molar-refractivity contribution in [1.82, 2.24) is 15.0 Å². The average Bonchev–Trinajstić information content (AvgIpc) is 3.02. The van der Waals surface area contributed by atoms with Crippen molar-refractivity contribution < 1.29 is 19.2 Å². The van der Waals surface area contributed by atoms with Gasteiger partial charge in [0.25, 0.3) is 5.91 Å². The number of carboxylic acids is 1. The van der Waals surface area contributed by atoms with E-state index >= 15 is 0 Å². The number of hydrogen-bond donors (Lipinski definition) is 1. The van der Waals surface area contributed by atoms with Crippen molar-refractivity contribution in [2.75, 3.05) is 13.1 Å². The monoisotopic (exact) mass is 329 g/mol. The molecule has 2 aromatic rings. The van der Waals surface area contributed by atoms with Gasteiger partial charge in [-0.3, -0.25) is 9.59 Å². The Morgan fingerprint density at radius 1 is 1.21 bits per heavy atom. The van der Waals surface area contributed by atoms with E-state index in [9.17, 15) is 9.59 Å². The van der Waals surface area contributed by atoms with Gasteiger partial charge in [-0.1, -0.05) is 17.3 Å². The number of nitrogens with zero attached hydrogens (tertiary/aromatic N) is 3. The summed E-state index contributed by atoms with van der Waals surface area (Å²) in [5, 5.41) is 12.7. The fraction of sp³-hybridized carbons (Fsp3) is 0.412. The lowest BCUT2D eigenvalue weighted by Gasteiger charge is -2.20. The van der Waals surface area contributed by atoms with Crippen LogP contribution in [0.2, 0.25) is 0 Å². The molecular weight excluding hydrogens is 310 g/mol.